The van der Waals surface area contributed by atoms with Gasteiger partial charge in [0, 0.05) is 18.7 Å². The Hall–Kier alpha value is -1.84. The van der Waals surface area contributed by atoms with E-state index in [0.29, 0.717) is 6.42 Å². The van der Waals surface area contributed by atoms with Crippen LogP contribution in [0.2, 0.25) is 0 Å². The van der Waals surface area contributed by atoms with Gasteiger partial charge in [-0.2, -0.15) is 0 Å². The molecule has 2 rings (SSSR count). The van der Waals surface area contributed by atoms with Crippen LogP contribution in [0, 0.1) is 6.92 Å². The van der Waals surface area contributed by atoms with E-state index in [1.54, 1.807) is 0 Å². The van der Waals surface area contributed by atoms with E-state index in [9.17, 15) is 4.79 Å². The first-order valence-corrected chi connectivity index (χ1v) is 7.27. The number of aryl methyl sites for hydroxylation is 2. The molecular weight excluding hydrogens is 296 g/mol. The number of anilines is 1. The van der Waals surface area contributed by atoms with E-state index < -0.39 is 0 Å². The van der Waals surface area contributed by atoms with Crippen LogP contribution in [0.4, 0.5) is 5.69 Å². The van der Waals surface area contributed by atoms with Gasteiger partial charge < -0.3 is 10.6 Å². The van der Waals surface area contributed by atoms with Gasteiger partial charge >= 0.3 is 0 Å². The van der Waals surface area contributed by atoms with Crippen molar-refractivity contribution >= 4 is 24.0 Å². The number of para-hydroxylation sites is 1. The van der Waals surface area contributed by atoms with Gasteiger partial charge in [-0.25, -0.2) is 0 Å². The van der Waals surface area contributed by atoms with Crippen LogP contribution in [0.25, 0.3) is 0 Å². The van der Waals surface area contributed by atoms with Crippen LogP contribution in [0.1, 0.15) is 23.1 Å². The summed E-state index contributed by atoms with van der Waals surface area (Å²) >= 11 is 0. The first kappa shape index (κ1) is 18.2. The number of hydrogen-bond donors (Lipinski definition) is 2. The van der Waals surface area contributed by atoms with Crippen molar-refractivity contribution in [2.45, 2.75) is 26.3 Å². The zero-order valence-electron chi connectivity index (χ0n) is 13.1. The average Bonchev–Trinajstić information content (AvgIpc) is 2.49. The van der Waals surface area contributed by atoms with Crippen molar-refractivity contribution in [3.8, 4) is 0 Å². The van der Waals surface area contributed by atoms with E-state index in [0.717, 1.165) is 24.2 Å². The summed E-state index contributed by atoms with van der Waals surface area (Å²) in [6.45, 7) is 2.81. The van der Waals surface area contributed by atoms with E-state index in [4.69, 9.17) is 0 Å². The molecule has 0 saturated carbocycles. The molecule has 2 N–H and O–H groups in total. The Morgan fingerprint density at radius 1 is 1.05 bits per heavy atom. The molecule has 0 unspecified atom stereocenters. The lowest BCUT2D eigenvalue weighted by molar-refractivity contribution is -0.116. The molecule has 0 aliphatic carbocycles. The lowest BCUT2D eigenvalue weighted by Gasteiger charge is -2.10. The molecule has 2 aromatic carbocycles. The van der Waals surface area contributed by atoms with Crippen molar-refractivity contribution in [2.75, 3.05) is 12.4 Å². The van der Waals surface area contributed by atoms with Crippen LogP contribution in [0.15, 0.2) is 48.5 Å². The van der Waals surface area contributed by atoms with Crippen molar-refractivity contribution in [2.24, 2.45) is 0 Å². The van der Waals surface area contributed by atoms with E-state index in [1.807, 2.05) is 31.3 Å². The largest absolute Gasteiger partial charge is 0.326 e. The zero-order valence-corrected chi connectivity index (χ0v) is 13.9. The molecule has 4 heteroatoms. The fraction of sp³-hybridized carbons (Fsp3) is 0.278. The molecule has 0 saturated heterocycles. The van der Waals surface area contributed by atoms with E-state index >= 15 is 0 Å². The van der Waals surface area contributed by atoms with E-state index in [-0.39, 0.29) is 18.3 Å². The lowest BCUT2D eigenvalue weighted by atomic mass is 10.1. The monoisotopic (exact) mass is 318 g/mol. The van der Waals surface area contributed by atoms with Gasteiger partial charge in [-0.1, -0.05) is 48.0 Å². The number of carbonyl (C=O) groups excluding carboxylic acids is 1. The number of carbonyl (C=O) groups is 1. The second-order valence-corrected chi connectivity index (χ2v) is 5.22. The Bertz CT molecular complexity index is 596. The maximum atomic E-state index is 12.1. The zero-order chi connectivity index (χ0) is 15.1. The third kappa shape index (κ3) is 5.51. The molecule has 3 nitrogen and oxygen atoms in total. The minimum Gasteiger partial charge on any atom is -0.326 e. The molecule has 118 valence electrons. The molecule has 0 radical (unpaired) electrons. The topological polar surface area (TPSA) is 41.1 Å². The fourth-order valence-electron chi connectivity index (χ4n) is 2.21. The SMILES string of the molecule is CNCc1ccccc1NC(=O)CCc1ccc(C)cc1.Cl. The minimum absolute atomic E-state index is 0. The summed E-state index contributed by atoms with van der Waals surface area (Å²) in [6, 6.07) is 16.2. The predicted molar refractivity (Wildman–Crippen MR) is 94.6 cm³/mol. The Kier molecular flexibility index (Phi) is 7.64. The van der Waals surface area contributed by atoms with Crippen LogP contribution < -0.4 is 10.6 Å². The molecule has 0 aliphatic rings. The standard InChI is InChI=1S/C18H22N2O.ClH/c1-14-7-9-15(10-8-14)11-12-18(21)20-17-6-4-3-5-16(17)13-19-2;/h3-10,19H,11-13H2,1-2H3,(H,20,21);1H. The van der Waals surface area contributed by atoms with Crippen LogP contribution in [0.5, 0.6) is 0 Å². The predicted octanol–water partition coefficient (Wildman–Crippen LogP) is 3.71. The number of halogens is 1. The highest BCUT2D eigenvalue weighted by Crippen LogP contribution is 2.15. The van der Waals surface area contributed by atoms with Crippen molar-refractivity contribution in [1.82, 2.24) is 5.32 Å². The lowest BCUT2D eigenvalue weighted by Crippen LogP contribution is -2.15. The van der Waals surface area contributed by atoms with E-state index in [2.05, 4.69) is 41.8 Å². The molecule has 0 aromatic heterocycles. The van der Waals surface area contributed by atoms with Gasteiger partial charge in [0.1, 0.15) is 0 Å². The summed E-state index contributed by atoms with van der Waals surface area (Å²) in [4.78, 5) is 12.1. The maximum Gasteiger partial charge on any atom is 0.224 e. The van der Waals surface area contributed by atoms with Gasteiger partial charge in [-0.05, 0) is 37.6 Å². The average molecular weight is 319 g/mol. The van der Waals surface area contributed by atoms with Crippen molar-refractivity contribution < 1.29 is 4.79 Å². The summed E-state index contributed by atoms with van der Waals surface area (Å²) in [5.41, 5.74) is 4.42. The second-order valence-electron chi connectivity index (χ2n) is 5.22. The van der Waals surface area contributed by atoms with Crippen LogP contribution in [-0.2, 0) is 17.8 Å². The summed E-state index contributed by atoms with van der Waals surface area (Å²) in [7, 11) is 1.90. The molecule has 0 aliphatic heterocycles. The Morgan fingerprint density at radius 3 is 2.41 bits per heavy atom. The van der Waals surface area contributed by atoms with Crippen molar-refractivity contribution in [3.63, 3.8) is 0 Å². The molecule has 22 heavy (non-hydrogen) atoms. The maximum absolute atomic E-state index is 12.1. The molecule has 1 amide bonds. The van der Waals surface area contributed by atoms with Crippen molar-refractivity contribution in [3.05, 3.63) is 65.2 Å². The first-order valence-electron chi connectivity index (χ1n) is 7.27. The van der Waals surface area contributed by atoms with Gasteiger partial charge in [-0.3, -0.25) is 4.79 Å². The summed E-state index contributed by atoms with van der Waals surface area (Å²) in [5.74, 6) is 0.0547. The number of nitrogens with one attached hydrogen (secondary N) is 2. The number of amides is 1. The fourth-order valence-corrected chi connectivity index (χ4v) is 2.21. The van der Waals surface area contributed by atoms with Gasteiger partial charge in [0.15, 0.2) is 0 Å². The molecule has 2 aromatic rings. The quantitative estimate of drug-likeness (QED) is 0.852. The summed E-state index contributed by atoms with van der Waals surface area (Å²) in [6.07, 6.45) is 1.26. The first-order chi connectivity index (χ1) is 10.2. The third-order valence-electron chi connectivity index (χ3n) is 3.42. The molecule has 0 spiro atoms. The summed E-state index contributed by atoms with van der Waals surface area (Å²) in [5, 5.41) is 6.11. The van der Waals surface area contributed by atoms with Gasteiger partial charge in [-0.15, -0.1) is 12.4 Å². The smallest absolute Gasteiger partial charge is 0.224 e. The molecular formula is C18H23ClN2O. The Labute approximate surface area is 138 Å². The minimum atomic E-state index is 0. The Balaban J connectivity index is 0.00000242. The number of benzene rings is 2. The van der Waals surface area contributed by atoms with Gasteiger partial charge in [0.25, 0.3) is 0 Å². The van der Waals surface area contributed by atoms with Gasteiger partial charge in [0.2, 0.25) is 5.91 Å². The second kappa shape index (κ2) is 9.23. The molecule has 0 heterocycles. The highest BCUT2D eigenvalue weighted by atomic mass is 35.5. The Morgan fingerprint density at radius 2 is 1.73 bits per heavy atom. The normalized spacial score (nSPS) is 9.91. The molecule has 0 atom stereocenters. The summed E-state index contributed by atoms with van der Waals surface area (Å²) < 4.78 is 0. The van der Waals surface area contributed by atoms with Crippen molar-refractivity contribution in [1.29, 1.82) is 0 Å². The molecule has 0 bridgehead atoms. The van der Waals surface area contributed by atoms with Crippen LogP contribution in [-0.4, -0.2) is 13.0 Å². The van der Waals surface area contributed by atoms with Crippen LogP contribution in [0.3, 0.4) is 0 Å². The number of rotatable bonds is 6. The van der Waals surface area contributed by atoms with Gasteiger partial charge in [0.05, 0.1) is 0 Å². The highest BCUT2D eigenvalue weighted by molar-refractivity contribution is 5.91. The third-order valence-corrected chi connectivity index (χ3v) is 3.42. The van der Waals surface area contributed by atoms with Crippen LogP contribution >= 0.6 is 12.4 Å². The highest BCUT2D eigenvalue weighted by Gasteiger charge is 2.06. The molecule has 0 fully saturated rings. The number of hydrogen-bond acceptors (Lipinski definition) is 2. The van der Waals surface area contributed by atoms with E-state index in [1.165, 1.54) is 11.1 Å².